The highest BCUT2D eigenvalue weighted by Crippen LogP contribution is 2.19. The zero-order valence-electron chi connectivity index (χ0n) is 17.7. The van der Waals surface area contributed by atoms with Gasteiger partial charge in [-0.15, -0.1) is 0 Å². The number of nitrogens with zero attached hydrogens (tertiary/aromatic N) is 6. The Morgan fingerprint density at radius 3 is 2.57 bits per heavy atom. The lowest BCUT2D eigenvalue weighted by Gasteiger charge is -2.15. The Bertz CT molecular complexity index is 1160. The molecule has 156 valence electrons. The Kier molecular flexibility index (Phi) is 6.10. The van der Waals surface area contributed by atoms with Gasteiger partial charge in [0.15, 0.2) is 0 Å². The molecule has 9 nitrogen and oxygen atoms in total. The quantitative estimate of drug-likeness (QED) is 0.460. The first-order chi connectivity index (χ1) is 14.3. The zero-order chi connectivity index (χ0) is 21.8. The lowest BCUT2D eigenvalue weighted by molar-refractivity contribution is -0.116. The molecule has 0 bridgehead atoms. The largest absolute Gasteiger partial charge is 0.391 e. The Hall–Kier alpha value is -3.75. The first kappa shape index (κ1) is 21.0. The molecule has 3 aromatic rings. The number of aromatic nitrogens is 4. The molecule has 30 heavy (non-hydrogen) atoms. The van der Waals surface area contributed by atoms with Crippen LogP contribution in [0, 0.1) is 6.92 Å². The molecular weight excluding hydrogens is 384 g/mol. The van der Waals surface area contributed by atoms with Crippen LogP contribution in [0.25, 0.3) is 5.69 Å². The predicted molar refractivity (Wildman–Crippen MR) is 114 cm³/mol. The van der Waals surface area contributed by atoms with E-state index in [4.69, 9.17) is 4.84 Å². The number of anilines is 1. The fraction of sp³-hybridized carbons (Fsp3) is 0.286. The van der Waals surface area contributed by atoms with Gasteiger partial charge >= 0.3 is 5.69 Å². The van der Waals surface area contributed by atoms with Crippen molar-refractivity contribution in [2.24, 2.45) is 12.2 Å². The van der Waals surface area contributed by atoms with Gasteiger partial charge in [0.1, 0.15) is 6.61 Å². The molecule has 0 radical (unpaired) electrons. The fourth-order valence-electron chi connectivity index (χ4n) is 2.91. The van der Waals surface area contributed by atoms with E-state index in [0.29, 0.717) is 11.4 Å². The van der Waals surface area contributed by atoms with Crippen LogP contribution in [0.5, 0.6) is 0 Å². The topological polar surface area (TPSA) is 94.6 Å². The smallest absolute Gasteiger partial charge is 0.368 e. The molecule has 0 saturated carbocycles. The summed E-state index contributed by atoms with van der Waals surface area (Å²) in [6.07, 6.45) is 0. The number of tetrazole rings is 1. The lowest BCUT2D eigenvalue weighted by atomic mass is 10.1. The number of oxime groups is 1. The number of rotatable bonds is 6. The van der Waals surface area contributed by atoms with Crippen LogP contribution < -0.4 is 10.6 Å². The van der Waals surface area contributed by atoms with E-state index < -0.39 is 0 Å². The Balaban J connectivity index is 1.82. The molecule has 2 aromatic carbocycles. The van der Waals surface area contributed by atoms with E-state index in [0.717, 1.165) is 22.4 Å². The lowest BCUT2D eigenvalue weighted by Crippen LogP contribution is -2.23. The van der Waals surface area contributed by atoms with Gasteiger partial charge in [0.05, 0.1) is 11.4 Å². The number of benzene rings is 2. The minimum absolute atomic E-state index is 0.0515. The molecule has 0 unspecified atom stereocenters. The van der Waals surface area contributed by atoms with E-state index in [2.05, 4.69) is 15.6 Å². The Labute approximate surface area is 174 Å². The second kappa shape index (κ2) is 8.73. The minimum atomic E-state index is -0.340. The van der Waals surface area contributed by atoms with Crippen molar-refractivity contribution in [3.63, 3.8) is 0 Å². The normalized spacial score (nSPS) is 11.4. The van der Waals surface area contributed by atoms with Crippen LogP contribution in [0.3, 0.4) is 0 Å². The minimum Gasteiger partial charge on any atom is -0.391 e. The molecule has 1 heterocycles. The summed E-state index contributed by atoms with van der Waals surface area (Å²) in [5, 5.41) is 11.9. The first-order valence-electron chi connectivity index (χ1n) is 9.38. The molecule has 0 atom stereocenters. The van der Waals surface area contributed by atoms with E-state index in [1.807, 2.05) is 50.2 Å². The van der Waals surface area contributed by atoms with Gasteiger partial charge in [-0.1, -0.05) is 29.4 Å². The highest BCUT2D eigenvalue weighted by molar-refractivity contribution is 6.00. The predicted octanol–water partition coefficient (Wildman–Crippen LogP) is 2.20. The van der Waals surface area contributed by atoms with Gasteiger partial charge in [-0.05, 0) is 48.0 Å². The molecule has 0 saturated heterocycles. The maximum absolute atomic E-state index is 12.2. The maximum Gasteiger partial charge on any atom is 0.368 e. The van der Waals surface area contributed by atoms with Gasteiger partial charge in [0.25, 0.3) is 0 Å². The van der Waals surface area contributed by atoms with Crippen molar-refractivity contribution in [1.29, 1.82) is 0 Å². The molecule has 0 N–H and O–H groups in total. The third-order valence-corrected chi connectivity index (χ3v) is 4.87. The van der Waals surface area contributed by atoms with Gasteiger partial charge in [0.2, 0.25) is 5.91 Å². The Morgan fingerprint density at radius 2 is 1.90 bits per heavy atom. The molecule has 0 aliphatic heterocycles. The number of hydrogen-bond acceptors (Lipinski definition) is 6. The van der Waals surface area contributed by atoms with E-state index in [1.165, 1.54) is 16.3 Å². The molecule has 0 aliphatic rings. The summed E-state index contributed by atoms with van der Waals surface area (Å²) in [5.41, 5.74) is 4.29. The van der Waals surface area contributed by atoms with Gasteiger partial charge in [-0.2, -0.15) is 9.36 Å². The number of amides is 1. The highest BCUT2D eigenvalue weighted by atomic mass is 16.6. The average molecular weight is 408 g/mol. The van der Waals surface area contributed by atoms with Gasteiger partial charge in [-0.3, -0.25) is 4.79 Å². The summed E-state index contributed by atoms with van der Waals surface area (Å²) in [6.45, 7) is 5.44. The monoisotopic (exact) mass is 408 g/mol. The molecule has 0 aliphatic carbocycles. The van der Waals surface area contributed by atoms with Crippen molar-refractivity contribution < 1.29 is 9.63 Å². The molecule has 1 amide bonds. The van der Waals surface area contributed by atoms with Gasteiger partial charge in [-0.25, -0.2) is 4.79 Å². The second-order valence-electron chi connectivity index (χ2n) is 6.95. The number of aryl methyl sites for hydroxylation is 2. The van der Waals surface area contributed by atoms with Crippen molar-refractivity contribution in [2.45, 2.75) is 27.4 Å². The summed E-state index contributed by atoms with van der Waals surface area (Å²) in [7, 11) is 3.27. The fourth-order valence-corrected chi connectivity index (χ4v) is 2.91. The van der Waals surface area contributed by atoms with Crippen LogP contribution >= 0.6 is 0 Å². The summed E-state index contributed by atoms with van der Waals surface area (Å²) >= 11 is 0. The average Bonchev–Trinajstić information content (AvgIpc) is 3.06. The molecule has 1 aromatic heterocycles. The van der Waals surface area contributed by atoms with Crippen molar-refractivity contribution in [2.75, 3.05) is 11.9 Å². The van der Waals surface area contributed by atoms with Crippen LogP contribution in [-0.2, 0) is 23.3 Å². The molecule has 3 rings (SSSR count). The van der Waals surface area contributed by atoms with Crippen LogP contribution in [-0.4, -0.2) is 38.5 Å². The second-order valence-corrected chi connectivity index (χ2v) is 6.95. The number of carbonyl (C=O) groups is 1. The third kappa shape index (κ3) is 4.29. The third-order valence-electron chi connectivity index (χ3n) is 4.87. The zero-order valence-corrected chi connectivity index (χ0v) is 17.7. The highest BCUT2D eigenvalue weighted by Gasteiger charge is 2.13. The maximum atomic E-state index is 12.2. The molecular formula is C21H24N6O3. The number of carbonyl (C=O) groups excluding carboxylic acids is 1. The van der Waals surface area contributed by atoms with E-state index in [1.54, 1.807) is 25.1 Å². The molecule has 9 heteroatoms. The summed E-state index contributed by atoms with van der Waals surface area (Å²) < 4.78 is 2.41. The molecule has 0 fully saturated rings. The first-order valence-corrected chi connectivity index (χ1v) is 9.38. The summed E-state index contributed by atoms with van der Waals surface area (Å²) in [5.74, 6) is -0.0515. The Morgan fingerprint density at radius 1 is 1.17 bits per heavy atom. The molecule has 0 spiro atoms. The number of hydrogen-bond donors (Lipinski definition) is 0. The van der Waals surface area contributed by atoms with E-state index >= 15 is 0 Å². The van der Waals surface area contributed by atoms with Crippen molar-refractivity contribution in [3.05, 3.63) is 69.6 Å². The van der Waals surface area contributed by atoms with Gasteiger partial charge < -0.3 is 9.74 Å². The van der Waals surface area contributed by atoms with Crippen molar-refractivity contribution in [1.82, 2.24) is 19.8 Å². The van der Waals surface area contributed by atoms with E-state index in [-0.39, 0.29) is 18.2 Å². The summed E-state index contributed by atoms with van der Waals surface area (Å²) in [6, 6.07) is 13.1. The van der Waals surface area contributed by atoms with Crippen LogP contribution in [0.2, 0.25) is 0 Å². The van der Waals surface area contributed by atoms with Gasteiger partial charge in [0, 0.05) is 37.8 Å². The van der Waals surface area contributed by atoms with E-state index in [9.17, 15) is 9.59 Å². The van der Waals surface area contributed by atoms with Crippen LogP contribution in [0.4, 0.5) is 5.69 Å². The van der Waals surface area contributed by atoms with Crippen molar-refractivity contribution >= 4 is 17.3 Å². The standard InChI is InChI=1S/C21H24N6O3/c1-14-8-6-11-20(27-21(29)26(5)23-24-27)19(14)13-30-22-15(2)17-9-7-10-18(12-17)25(4)16(3)28/h6-12H,13H2,1-5H3/b22-15+. The van der Waals surface area contributed by atoms with Crippen LogP contribution in [0.15, 0.2) is 52.4 Å². The SMILES string of the molecule is CC(=O)N(C)c1cccc(/C(C)=N/OCc2c(C)cccc2-n2nnn(C)c2=O)c1. The van der Waals surface area contributed by atoms with Crippen molar-refractivity contribution in [3.8, 4) is 5.69 Å². The summed E-state index contributed by atoms with van der Waals surface area (Å²) in [4.78, 5) is 31.0. The van der Waals surface area contributed by atoms with Crippen LogP contribution in [0.1, 0.15) is 30.5 Å².